The Balaban J connectivity index is 1.68. The third-order valence-corrected chi connectivity index (χ3v) is 3.79. The molecule has 1 heterocycles. The third kappa shape index (κ3) is 5.76. The summed E-state index contributed by atoms with van der Waals surface area (Å²) >= 11 is 0. The Morgan fingerprint density at radius 2 is 2.08 bits per heavy atom. The number of carbonyl (C=O) groups excluding carboxylic acids is 1. The van der Waals surface area contributed by atoms with Gasteiger partial charge in [0.15, 0.2) is 0 Å². The van der Waals surface area contributed by atoms with Crippen LogP contribution in [0, 0.1) is 11.3 Å². The maximum atomic E-state index is 11.6. The molecule has 0 radical (unpaired) electrons. The fourth-order valence-electron chi connectivity index (χ4n) is 2.53. The minimum absolute atomic E-state index is 0.0403. The van der Waals surface area contributed by atoms with E-state index in [0.29, 0.717) is 11.4 Å². The van der Waals surface area contributed by atoms with E-state index < -0.39 is 5.97 Å². The van der Waals surface area contributed by atoms with Crippen molar-refractivity contribution in [2.75, 3.05) is 6.54 Å². The van der Waals surface area contributed by atoms with Crippen molar-refractivity contribution in [2.24, 2.45) is 0 Å². The van der Waals surface area contributed by atoms with Gasteiger partial charge in [0.25, 0.3) is 0 Å². The van der Waals surface area contributed by atoms with Crippen molar-refractivity contribution in [2.45, 2.75) is 44.2 Å². The Kier molecular flexibility index (Phi) is 6.37. The van der Waals surface area contributed by atoms with Crippen LogP contribution in [-0.2, 0) is 4.79 Å². The molecule has 128 valence electrons. The zero-order valence-electron chi connectivity index (χ0n) is 13.2. The standard InChI is InChI=1S/C16H20N4O4/c17-9-11-1-6-14(19-10-11)24-13-4-2-12(3-5-13)20-16(23)18-8-7-15(21)22/h1,6,10,12-13H,2-5,7-8H2,(H,21,22)(H2,18,20,23). The molecule has 0 aromatic carbocycles. The first-order chi connectivity index (χ1) is 11.6. The van der Waals surface area contributed by atoms with Crippen molar-refractivity contribution in [3.05, 3.63) is 23.9 Å². The summed E-state index contributed by atoms with van der Waals surface area (Å²) < 4.78 is 5.79. The van der Waals surface area contributed by atoms with E-state index in [2.05, 4.69) is 15.6 Å². The molecule has 2 amide bonds. The van der Waals surface area contributed by atoms with Crippen molar-refractivity contribution in [1.29, 1.82) is 5.26 Å². The lowest BCUT2D eigenvalue weighted by Crippen LogP contribution is -2.45. The van der Waals surface area contributed by atoms with Gasteiger partial charge in [-0.2, -0.15) is 5.26 Å². The minimum atomic E-state index is -0.940. The molecule has 1 aliphatic carbocycles. The molecule has 1 aliphatic rings. The molecule has 0 bridgehead atoms. The zero-order chi connectivity index (χ0) is 17.4. The number of amides is 2. The predicted molar refractivity (Wildman–Crippen MR) is 84.4 cm³/mol. The minimum Gasteiger partial charge on any atom is -0.481 e. The van der Waals surface area contributed by atoms with Gasteiger partial charge >= 0.3 is 12.0 Å². The number of rotatable bonds is 6. The summed E-state index contributed by atoms with van der Waals surface area (Å²) in [7, 11) is 0. The molecular weight excluding hydrogens is 312 g/mol. The highest BCUT2D eigenvalue weighted by molar-refractivity contribution is 5.75. The lowest BCUT2D eigenvalue weighted by molar-refractivity contribution is -0.136. The van der Waals surface area contributed by atoms with Crippen LogP contribution in [0.2, 0.25) is 0 Å². The first kappa shape index (κ1) is 17.5. The van der Waals surface area contributed by atoms with E-state index in [9.17, 15) is 9.59 Å². The predicted octanol–water partition coefficient (Wildman–Crippen LogP) is 1.42. The Morgan fingerprint density at radius 3 is 2.67 bits per heavy atom. The fraction of sp³-hybridized carbons (Fsp3) is 0.500. The van der Waals surface area contributed by atoms with Crippen LogP contribution in [-0.4, -0.2) is 40.8 Å². The van der Waals surface area contributed by atoms with Gasteiger partial charge in [-0.25, -0.2) is 9.78 Å². The first-order valence-electron chi connectivity index (χ1n) is 7.86. The second-order valence-corrected chi connectivity index (χ2v) is 5.63. The number of carbonyl (C=O) groups is 2. The van der Waals surface area contributed by atoms with Crippen LogP contribution in [0.4, 0.5) is 4.79 Å². The maximum absolute atomic E-state index is 11.6. The number of nitrogens with one attached hydrogen (secondary N) is 2. The number of hydrogen-bond donors (Lipinski definition) is 3. The molecule has 0 atom stereocenters. The highest BCUT2D eigenvalue weighted by Crippen LogP contribution is 2.22. The SMILES string of the molecule is N#Cc1ccc(OC2CCC(NC(=O)NCCC(=O)O)CC2)nc1. The second kappa shape index (κ2) is 8.72. The monoisotopic (exact) mass is 332 g/mol. The Hall–Kier alpha value is -2.82. The van der Waals surface area contributed by atoms with Crippen molar-refractivity contribution in [3.63, 3.8) is 0 Å². The van der Waals surface area contributed by atoms with Crippen LogP contribution >= 0.6 is 0 Å². The van der Waals surface area contributed by atoms with Crippen molar-refractivity contribution < 1.29 is 19.4 Å². The molecule has 8 heteroatoms. The van der Waals surface area contributed by atoms with Gasteiger partial charge in [-0.3, -0.25) is 4.79 Å². The number of carboxylic acid groups (broad SMARTS) is 1. The molecule has 1 aromatic rings. The second-order valence-electron chi connectivity index (χ2n) is 5.63. The number of carboxylic acids is 1. The molecule has 24 heavy (non-hydrogen) atoms. The van der Waals surface area contributed by atoms with E-state index in [4.69, 9.17) is 15.1 Å². The summed E-state index contributed by atoms with van der Waals surface area (Å²) in [6.45, 7) is 0.115. The molecule has 0 spiro atoms. The summed E-state index contributed by atoms with van der Waals surface area (Å²) in [6, 6.07) is 5.07. The summed E-state index contributed by atoms with van der Waals surface area (Å²) in [5.74, 6) is -0.443. The van der Waals surface area contributed by atoms with Gasteiger partial charge in [0.05, 0.1) is 12.0 Å². The van der Waals surface area contributed by atoms with E-state index in [1.165, 1.54) is 6.20 Å². The van der Waals surface area contributed by atoms with Crippen LogP contribution in [0.25, 0.3) is 0 Å². The number of urea groups is 1. The largest absolute Gasteiger partial charge is 0.481 e. The van der Waals surface area contributed by atoms with Crippen molar-refractivity contribution >= 4 is 12.0 Å². The van der Waals surface area contributed by atoms with Crippen molar-refractivity contribution in [3.8, 4) is 11.9 Å². The molecule has 1 saturated carbocycles. The lowest BCUT2D eigenvalue weighted by Gasteiger charge is -2.29. The number of ether oxygens (including phenoxy) is 1. The molecule has 1 fully saturated rings. The van der Waals surface area contributed by atoms with Crippen LogP contribution < -0.4 is 15.4 Å². The van der Waals surface area contributed by atoms with Crippen LogP contribution in [0.15, 0.2) is 18.3 Å². The summed E-state index contributed by atoms with van der Waals surface area (Å²) in [5, 5.41) is 22.6. The molecule has 0 aliphatic heterocycles. The topological polar surface area (TPSA) is 124 Å². The van der Waals surface area contributed by atoms with Gasteiger partial charge in [-0.15, -0.1) is 0 Å². The maximum Gasteiger partial charge on any atom is 0.315 e. The van der Waals surface area contributed by atoms with Gasteiger partial charge in [-0.05, 0) is 31.7 Å². The molecule has 0 unspecified atom stereocenters. The van der Waals surface area contributed by atoms with Gasteiger partial charge in [-0.1, -0.05) is 0 Å². The van der Waals surface area contributed by atoms with Gasteiger partial charge in [0.2, 0.25) is 5.88 Å². The fourth-order valence-corrected chi connectivity index (χ4v) is 2.53. The molecule has 8 nitrogen and oxygen atoms in total. The number of hydrogen-bond acceptors (Lipinski definition) is 5. The third-order valence-electron chi connectivity index (χ3n) is 3.79. The number of aromatic nitrogens is 1. The van der Waals surface area contributed by atoms with Crippen LogP contribution in [0.5, 0.6) is 5.88 Å². The number of aliphatic carboxylic acids is 1. The number of nitriles is 1. The molecular formula is C16H20N4O4. The summed E-state index contributed by atoms with van der Waals surface area (Å²) in [4.78, 5) is 26.1. The van der Waals surface area contributed by atoms with E-state index >= 15 is 0 Å². The first-order valence-corrected chi connectivity index (χ1v) is 7.86. The van der Waals surface area contributed by atoms with Crippen LogP contribution in [0.3, 0.4) is 0 Å². The van der Waals surface area contributed by atoms with E-state index in [1.54, 1.807) is 12.1 Å². The number of nitrogens with zero attached hydrogens (tertiary/aromatic N) is 2. The Bertz CT molecular complexity index is 603. The summed E-state index contributed by atoms with van der Waals surface area (Å²) in [6.07, 6.45) is 4.58. The molecule has 1 aromatic heterocycles. The van der Waals surface area contributed by atoms with E-state index in [-0.39, 0.29) is 31.1 Å². The normalized spacial score (nSPS) is 19.8. The van der Waals surface area contributed by atoms with E-state index in [1.807, 2.05) is 6.07 Å². The quantitative estimate of drug-likeness (QED) is 0.723. The molecule has 3 N–H and O–H groups in total. The molecule has 0 saturated heterocycles. The Labute approximate surface area is 139 Å². The highest BCUT2D eigenvalue weighted by Gasteiger charge is 2.23. The Morgan fingerprint density at radius 1 is 1.33 bits per heavy atom. The smallest absolute Gasteiger partial charge is 0.315 e. The van der Waals surface area contributed by atoms with Crippen LogP contribution in [0.1, 0.15) is 37.7 Å². The lowest BCUT2D eigenvalue weighted by atomic mass is 9.93. The van der Waals surface area contributed by atoms with Gasteiger partial charge < -0.3 is 20.5 Å². The average Bonchev–Trinajstić information content (AvgIpc) is 2.57. The highest BCUT2D eigenvalue weighted by atomic mass is 16.5. The number of pyridine rings is 1. The van der Waals surface area contributed by atoms with Gasteiger partial charge in [0, 0.05) is 24.8 Å². The van der Waals surface area contributed by atoms with E-state index in [0.717, 1.165) is 25.7 Å². The summed E-state index contributed by atoms with van der Waals surface area (Å²) in [5.41, 5.74) is 0.490. The zero-order valence-corrected chi connectivity index (χ0v) is 13.2. The van der Waals surface area contributed by atoms with Crippen molar-refractivity contribution in [1.82, 2.24) is 15.6 Å². The molecule has 2 rings (SSSR count). The average molecular weight is 332 g/mol. The van der Waals surface area contributed by atoms with Gasteiger partial charge in [0.1, 0.15) is 12.2 Å².